The summed E-state index contributed by atoms with van der Waals surface area (Å²) in [5.41, 5.74) is 2.77. The van der Waals surface area contributed by atoms with Crippen LogP contribution in [0, 0.1) is 0 Å². The standard InChI is InChI=1S/C16H25NO2/c1-12(19-13(2)18)10-17-11-14-6-8-15(9-7-14)16(3,4)5/h6-9,12,17H,10-11H2,1-5H3. The molecule has 1 aromatic carbocycles. The maximum atomic E-state index is 10.8. The molecule has 1 aromatic rings. The molecule has 1 unspecified atom stereocenters. The van der Waals surface area contributed by atoms with Gasteiger partial charge in [0.25, 0.3) is 0 Å². The summed E-state index contributed by atoms with van der Waals surface area (Å²) in [5, 5.41) is 3.29. The molecule has 0 heterocycles. The first-order valence-corrected chi connectivity index (χ1v) is 6.76. The molecule has 0 aliphatic heterocycles. The van der Waals surface area contributed by atoms with E-state index >= 15 is 0 Å². The van der Waals surface area contributed by atoms with Gasteiger partial charge in [0.05, 0.1) is 0 Å². The number of hydrogen-bond donors (Lipinski definition) is 1. The molecule has 0 aromatic heterocycles. The number of carbonyl (C=O) groups is 1. The Morgan fingerprint density at radius 3 is 2.32 bits per heavy atom. The molecule has 0 aliphatic rings. The highest BCUT2D eigenvalue weighted by molar-refractivity contribution is 5.66. The van der Waals surface area contributed by atoms with Crippen LogP contribution in [-0.4, -0.2) is 18.6 Å². The Bertz CT molecular complexity index is 404. The van der Waals surface area contributed by atoms with E-state index in [4.69, 9.17) is 4.74 Å². The second-order valence-electron chi connectivity index (χ2n) is 6.00. The lowest BCUT2D eigenvalue weighted by molar-refractivity contribution is -0.145. The zero-order valence-corrected chi connectivity index (χ0v) is 12.6. The maximum Gasteiger partial charge on any atom is 0.302 e. The fraction of sp³-hybridized carbons (Fsp3) is 0.562. The average molecular weight is 263 g/mol. The summed E-state index contributed by atoms with van der Waals surface area (Å²) in [6.07, 6.45) is -0.0913. The molecule has 0 bridgehead atoms. The minimum Gasteiger partial charge on any atom is -0.462 e. The summed E-state index contributed by atoms with van der Waals surface area (Å²) >= 11 is 0. The van der Waals surface area contributed by atoms with Crippen LogP contribution in [0.3, 0.4) is 0 Å². The maximum absolute atomic E-state index is 10.8. The zero-order valence-electron chi connectivity index (χ0n) is 12.6. The van der Waals surface area contributed by atoms with Gasteiger partial charge < -0.3 is 10.1 Å². The lowest BCUT2D eigenvalue weighted by Gasteiger charge is -2.19. The first kappa shape index (κ1) is 15.7. The molecule has 0 fully saturated rings. The van der Waals surface area contributed by atoms with Gasteiger partial charge in [-0.25, -0.2) is 0 Å². The number of hydrogen-bond acceptors (Lipinski definition) is 3. The van der Waals surface area contributed by atoms with E-state index in [9.17, 15) is 4.79 Å². The molecule has 3 heteroatoms. The predicted octanol–water partition coefficient (Wildman–Crippen LogP) is 3.03. The van der Waals surface area contributed by atoms with Gasteiger partial charge >= 0.3 is 5.97 Å². The summed E-state index contributed by atoms with van der Waals surface area (Å²) in [4.78, 5) is 10.8. The highest BCUT2D eigenvalue weighted by Gasteiger charge is 2.12. The van der Waals surface area contributed by atoms with Crippen LogP contribution >= 0.6 is 0 Å². The highest BCUT2D eigenvalue weighted by Crippen LogP contribution is 2.22. The van der Waals surface area contributed by atoms with E-state index in [-0.39, 0.29) is 17.5 Å². The van der Waals surface area contributed by atoms with Gasteiger partial charge in [0.2, 0.25) is 0 Å². The Balaban J connectivity index is 2.40. The number of benzene rings is 1. The molecule has 0 saturated carbocycles. The molecule has 1 atom stereocenters. The van der Waals surface area contributed by atoms with Gasteiger partial charge in [-0.1, -0.05) is 45.0 Å². The molecule has 1 rings (SSSR count). The monoisotopic (exact) mass is 263 g/mol. The van der Waals surface area contributed by atoms with E-state index < -0.39 is 0 Å². The molecule has 106 valence electrons. The molecule has 19 heavy (non-hydrogen) atoms. The summed E-state index contributed by atoms with van der Waals surface area (Å²) < 4.78 is 5.05. The minimum absolute atomic E-state index is 0.0913. The van der Waals surface area contributed by atoms with Crippen molar-refractivity contribution in [2.24, 2.45) is 0 Å². The van der Waals surface area contributed by atoms with Crippen LogP contribution < -0.4 is 5.32 Å². The molecule has 0 saturated heterocycles. The van der Waals surface area contributed by atoms with Gasteiger partial charge in [0, 0.05) is 20.0 Å². The third-order valence-corrected chi connectivity index (χ3v) is 2.95. The smallest absolute Gasteiger partial charge is 0.302 e. The quantitative estimate of drug-likeness (QED) is 0.830. The van der Waals surface area contributed by atoms with Crippen LogP contribution in [0.2, 0.25) is 0 Å². The van der Waals surface area contributed by atoms with Crippen LogP contribution in [-0.2, 0) is 21.5 Å². The van der Waals surface area contributed by atoms with E-state index in [0.717, 1.165) is 6.54 Å². The van der Waals surface area contributed by atoms with Crippen LogP contribution in [0.5, 0.6) is 0 Å². The third-order valence-electron chi connectivity index (χ3n) is 2.95. The molecule has 1 N–H and O–H groups in total. The third kappa shape index (κ3) is 5.88. The fourth-order valence-electron chi connectivity index (χ4n) is 1.87. The van der Waals surface area contributed by atoms with Crippen LogP contribution in [0.15, 0.2) is 24.3 Å². The van der Waals surface area contributed by atoms with Gasteiger partial charge in [-0.3, -0.25) is 4.79 Å². The van der Waals surface area contributed by atoms with Crippen molar-refractivity contribution in [3.8, 4) is 0 Å². The van der Waals surface area contributed by atoms with Crippen molar-refractivity contribution in [3.63, 3.8) is 0 Å². The number of carbonyl (C=O) groups excluding carboxylic acids is 1. The summed E-state index contributed by atoms with van der Waals surface area (Å²) in [5.74, 6) is -0.233. The van der Waals surface area contributed by atoms with E-state index in [0.29, 0.717) is 6.54 Å². The Morgan fingerprint density at radius 2 is 1.84 bits per heavy atom. The van der Waals surface area contributed by atoms with Crippen LogP contribution in [0.1, 0.15) is 45.7 Å². The Labute approximate surface area is 116 Å². The van der Waals surface area contributed by atoms with E-state index in [2.05, 4.69) is 50.4 Å². The average Bonchev–Trinajstić information content (AvgIpc) is 2.27. The van der Waals surface area contributed by atoms with Gasteiger partial charge in [-0.2, -0.15) is 0 Å². The number of ether oxygens (including phenoxy) is 1. The normalized spacial score (nSPS) is 13.1. The van der Waals surface area contributed by atoms with Crippen molar-refractivity contribution in [1.82, 2.24) is 5.32 Å². The van der Waals surface area contributed by atoms with Crippen molar-refractivity contribution < 1.29 is 9.53 Å². The molecular formula is C16H25NO2. The lowest BCUT2D eigenvalue weighted by atomic mass is 9.87. The number of esters is 1. The summed E-state index contributed by atoms with van der Waals surface area (Å²) in [6.45, 7) is 11.4. The first-order chi connectivity index (χ1) is 8.79. The topological polar surface area (TPSA) is 38.3 Å². The van der Waals surface area contributed by atoms with Crippen molar-refractivity contribution in [1.29, 1.82) is 0 Å². The van der Waals surface area contributed by atoms with E-state index in [1.165, 1.54) is 18.1 Å². The van der Waals surface area contributed by atoms with Gasteiger partial charge in [-0.15, -0.1) is 0 Å². The van der Waals surface area contributed by atoms with Gasteiger partial charge in [-0.05, 0) is 23.5 Å². The van der Waals surface area contributed by atoms with Gasteiger partial charge in [0.15, 0.2) is 0 Å². The lowest BCUT2D eigenvalue weighted by Crippen LogP contribution is -2.27. The van der Waals surface area contributed by atoms with Crippen molar-refractivity contribution in [2.45, 2.75) is 52.7 Å². The first-order valence-electron chi connectivity index (χ1n) is 6.76. The second kappa shape index (κ2) is 6.71. The largest absolute Gasteiger partial charge is 0.462 e. The minimum atomic E-state index is -0.233. The SMILES string of the molecule is CC(=O)OC(C)CNCc1ccc(C(C)(C)C)cc1. The highest BCUT2D eigenvalue weighted by atomic mass is 16.5. The van der Waals surface area contributed by atoms with Crippen molar-refractivity contribution in [3.05, 3.63) is 35.4 Å². The number of nitrogens with one attached hydrogen (secondary N) is 1. The molecular weight excluding hydrogens is 238 g/mol. The van der Waals surface area contributed by atoms with Crippen molar-refractivity contribution in [2.75, 3.05) is 6.54 Å². The predicted molar refractivity (Wildman–Crippen MR) is 78.1 cm³/mol. The van der Waals surface area contributed by atoms with Gasteiger partial charge in [0.1, 0.15) is 6.10 Å². The number of rotatable bonds is 5. The van der Waals surface area contributed by atoms with Crippen LogP contribution in [0.25, 0.3) is 0 Å². The Kier molecular flexibility index (Phi) is 5.55. The van der Waals surface area contributed by atoms with E-state index in [1.807, 2.05) is 6.92 Å². The Morgan fingerprint density at radius 1 is 1.26 bits per heavy atom. The van der Waals surface area contributed by atoms with Crippen molar-refractivity contribution >= 4 is 5.97 Å². The molecule has 0 aliphatic carbocycles. The zero-order chi connectivity index (χ0) is 14.5. The molecule has 0 spiro atoms. The molecule has 0 amide bonds. The van der Waals surface area contributed by atoms with Crippen LogP contribution in [0.4, 0.5) is 0 Å². The summed E-state index contributed by atoms with van der Waals surface area (Å²) in [6, 6.07) is 8.63. The Hall–Kier alpha value is -1.35. The second-order valence-corrected chi connectivity index (χ2v) is 6.00. The fourth-order valence-corrected chi connectivity index (χ4v) is 1.87. The molecule has 0 radical (unpaired) electrons. The molecule has 3 nitrogen and oxygen atoms in total. The summed E-state index contributed by atoms with van der Waals surface area (Å²) in [7, 11) is 0. The van der Waals surface area contributed by atoms with E-state index in [1.54, 1.807) is 0 Å².